The third-order valence-corrected chi connectivity index (χ3v) is 7.57. The first kappa shape index (κ1) is 26.3. The highest BCUT2D eigenvalue weighted by molar-refractivity contribution is 5.94. The number of hydrogen-bond donors (Lipinski definition) is 2. The Balaban J connectivity index is 1.43. The van der Waals surface area contributed by atoms with Crippen LogP contribution in [0.25, 0.3) is 0 Å². The SMILES string of the molecule is O=C(c1ccncc1)N1CCCCC2(CCN(Cc3ccccc3)CC2)C(=O)OC[C@@H](O)[C@@H](O)CC1. The van der Waals surface area contributed by atoms with Gasteiger partial charge in [0.05, 0.1) is 11.5 Å². The molecule has 2 N–H and O–H groups in total. The van der Waals surface area contributed by atoms with Crippen LogP contribution >= 0.6 is 0 Å². The van der Waals surface area contributed by atoms with Gasteiger partial charge < -0.3 is 19.8 Å². The standard InChI is InChI=1S/C28H37N3O5/c32-24-10-17-31(26(34)23-8-14-29-15-9-23)16-5-4-11-28(27(35)36-21-25(24)33)12-18-30(19-13-28)20-22-6-2-1-3-7-22/h1-3,6-9,14-15,24-25,32-33H,4-5,10-13,16-21H2/t24-,25+/m0/s1. The van der Waals surface area contributed by atoms with E-state index in [4.69, 9.17) is 4.74 Å². The number of ether oxygens (including phenoxy) is 1. The van der Waals surface area contributed by atoms with Gasteiger partial charge in [0.25, 0.3) is 5.91 Å². The van der Waals surface area contributed by atoms with Crippen molar-refractivity contribution in [2.75, 3.05) is 32.8 Å². The van der Waals surface area contributed by atoms with Gasteiger partial charge in [-0.05, 0) is 62.9 Å². The van der Waals surface area contributed by atoms with Gasteiger partial charge in [-0.2, -0.15) is 0 Å². The van der Waals surface area contributed by atoms with Gasteiger partial charge in [-0.25, -0.2) is 0 Å². The van der Waals surface area contributed by atoms with E-state index in [1.165, 1.54) is 5.56 Å². The molecule has 8 nitrogen and oxygen atoms in total. The summed E-state index contributed by atoms with van der Waals surface area (Å²) in [6.45, 7) is 3.03. The Morgan fingerprint density at radius 1 is 0.944 bits per heavy atom. The van der Waals surface area contributed by atoms with Gasteiger partial charge in [-0.1, -0.05) is 36.8 Å². The van der Waals surface area contributed by atoms with Gasteiger partial charge in [-0.15, -0.1) is 0 Å². The average Bonchev–Trinajstić information content (AvgIpc) is 2.92. The van der Waals surface area contributed by atoms with Crippen molar-refractivity contribution in [2.45, 2.75) is 57.3 Å². The maximum atomic E-state index is 13.3. The van der Waals surface area contributed by atoms with E-state index >= 15 is 0 Å². The monoisotopic (exact) mass is 495 g/mol. The molecule has 2 aliphatic rings. The Labute approximate surface area is 212 Å². The summed E-state index contributed by atoms with van der Waals surface area (Å²) in [5.74, 6) is -0.401. The second-order valence-corrected chi connectivity index (χ2v) is 10.0. The van der Waals surface area contributed by atoms with Gasteiger partial charge >= 0.3 is 5.97 Å². The Hall–Kier alpha value is -2.81. The Morgan fingerprint density at radius 3 is 2.39 bits per heavy atom. The quantitative estimate of drug-likeness (QED) is 0.631. The number of cyclic esters (lactones) is 1. The molecule has 194 valence electrons. The average molecular weight is 496 g/mol. The number of nitrogens with zero attached hydrogens (tertiary/aromatic N) is 3. The van der Waals surface area contributed by atoms with E-state index < -0.39 is 17.6 Å². The van der Waals surface area contributed by atoms with E-state index in [1.807, 2.05) is 18.2 Å². The van der Waals surface area contributed by atoms with Crippen LogP contribution in [0.15, 0.2) is 54.9 Å². The molecule has 0 saturated carbocycles. The molecule has 2 fully saturated rings. The van der Waals surface area contributed by atoms with E-state index in [9.17, 15) is 19.8 Å². The van der Waals surface area contributed by atoms with Crippen molar-refractivity contribution in [3.05, 3.63) is 66.0 Å². The molecular weight excluding hydrogens is 458 g/mol. The molecule has 1 spiro atoms. The molecule has 1 aromatic heterocycles. The summed E-state index contributed by atoms with van der Waals surface area (Å²) in [4.78, 5) is 34.4. The molecule has 1 amide bonds. The van der Waals surface area contributed by atoms with E-state index in [2.05, 4.69) is 22.0 Å². The molecule has 2 saturated heterocycles. The fraction of sp³-hybridized carbons (Fsp3) is 0.536. The first-order chi connectivity index (χ1) is 17.5. The van der Waals surface area contributed by atoms with Crippen LogP contribution in [0.1, 0.15) is 54.4 Å². The summed E-state index contributed by atoms with van der Waals surface area (Å²) in [7, 11) is 0. The van der Waals surface area contributed by atoms with Gasteiger partial charge in [0.2, 0.25) is 0 Å². The largest absolute Gasteiger partial charge is 0.462 e. The molecule has 4 rings (SSSR count). The fourth-order valence-electron chi connectivity index (χ4n) is 5.20. The summed E-state index contributed by atoms with van der Waals surface area (Å²) in [5.41, 5.74) is 1.19. The van der Waals surface area contributed by atoms with Gasteiger partial charge in [0.15, 0.2) is 0 Å². The number of piperidine rings is 1. The number of amides is 1. The predicted molar refractivity (Wildman–Crippen MR) is 135 cm³/mol. The number of benzene rings is 1. The van der Waals surface area contributed by atoms with Crippen molar-refractivity contribution in [1.29, 1.82) is 0 Å². The third-order valence-electron chi connectivity index (χ3n) is 7.57. The molecule has 0 aliphatic carbocycles. The van der Waals surface area contributed by atoms with Crippen molar-refractivity contribution in [3.8, 4) is 0 Å². The summed E-state index contributed by atoms with van der Waals surface area (Å²) in [6.07, 6.45) is 4.70. The van der Waals surface area contributed by atoms with Crippen LogP contribution in [-0.2, 0) is 16.1 Å². The Bertz CT molecular complexity index is 979. The zero-order valence-corrected chi connectivity index (χ0v) is 20.8. The summed E-state index contributed by atoms with van der Waals surface area (Å²) in [6, 6.07) is 13.7. The van der Waals surface area contributed by atoms with E-state index in [-0.39, 0.29) is 24.9 Å². The number of carbonyl (C=O) groups excluding carboxylic acids is 2. The van der Waals surface area contributed by atoms with Crippen LogP contribution in [0.3, 0.4) is 0 Å². The minimum absolute atomic E-state index is 0.120. The topological polar surface area (TPSA) is 103 Å². The molecule has 0 unspecified atom stereocenters. The second-order valence-electron chi connectivity index (χ2n) is 10.0. The lowest BCUT2D eigenvalue weighted by atomic mass is 9.74. The molecule has 2 aromatic rings. The van der Waals surface area contributed by atoms with Crippen LogP contribution < -0.4 is 0 Å². The summed E-state index contributed by atoms with van der Waals surface area (Å²) in [5, 5.41) is 20.9. The summed E-state index contributed by atoms with van der Waals surface area (Å²) < 4.78 is 5.57. The van der Waals surface area contributed by atoms with Crippen LogP contribution in [-0.4, -0.2) is 81.9 Å². The molecule has 0 radical (unpaired) electrons. The zero-order chi connectivity index (χ0) is 25.4. The highest BCUT2D eigenvalue weighted by Gasteiger charge is 2.42. The smallest absolute Gasteiger partial charge is 0.312 e. The fourth-order valence-corrected chi connectivity index (χ4v) is 5.20. The van der Waals surface area contributed by atoms with E-state index in [1.54, 1.807) is 29.4 Å². The number of pyridine rings is 1. The van der Waals surface area contributed by atoms with Crippen molar-refractivity contribution < 1.29 is 24.5 Å². The Kier molecular flexibility index (Phi) is 9.07. The van der Waals surface area contributed by atoms with Crippen molar-refractivity contribution in [2.24, 2.45) is 5.41 Å². The molecule has 1 aromatic carbocycles. The number of aromatic nitrogens is 1. The lowest BCUT2D eigenvalue weighted by molar-refractivity contribution is -0.165. The van der Waals surface area contributed by atoms with Crippen molar-refractivity contribution in [1.82, 2.24) is 14.8 Å². The first-order valence-corrected chi connectivity index (χ1v) is 13.0. The molecule has 36 heavy (non-hydrogen) atoms. The number of esters is 1. The van der Waals surface area contributed by atoms with Crippen LogP contribution in [0.2, 0.25) is 0 Å². The minimum atomic E-state index is -1.19. The molecule has 0 bridgehead atoms. The predicted octanol–water partition coefficient (Wildman–Crippen LogP) is 2.65. The summed E-state index contributed by atoms with van der Waals surface area (Å²) >= 11 is 0. The van der Waals surface area contributed by atoms with Crippen LogP contribution in [0.5, 0.6) is 0 Å². The molecule has 2 aliphatic heterocycles. The minimum Gasteiger partial charge on any atom is -0.462 e. The number of rotatable bonds is 3. The van der Waals surface area contributed by atoms with Crippen LogP contribution in [0, 0.1) is 5.41 Å². The van der Waals surface area contributed by atoms with Gasteiger partial charge in [0.1, 0.15) is 12.7 Å². The van der Waals surface area contributed by atoms with Crippen molar-refractivity contribution in [3.63, 3.8) is 0 Å². The number of likely N-dealkylation sites (tertiary alicyclic amines) is 1. The number of aliphatic hydroxyl groups is 2. The molecule has 2 atom stereocenters. The normalized spacial score (nSPS) is 24.3. The molecule has 8 heteroatoms. The highest BCUT2D eigenvalue weighted by atomic mass is 16.5. The maximum Gasteiger partial charge on any atom is 0.312 e. The third kappa shape index (κ3) is 6.69. The van der Waals surface area contributed by atoms with Gasteiger partial charge in [-0.3, -0.25) is 19.5 Å². The number of aliphatic hydroxyl groups excluding tert-OH is 2. The zero-order valence-electron chi connectivity index (χ0n) is 20.8. The molecular formula is C28H37N3O5. The molecule has 3 heterocycles. The van der Waals surface area contributed by atoms with Crippen molar-refractivity contribution >= 4 is 11.9 Å². The maximum absolute atomic E-state index is 13.3. The van der Waals surface area contributed by atoms with Crippen LogP contribution in [0.4, 0.5) is 0 Å². The first-order valence-electron chi connectivity index (χ1n) is 13.0. The van der Waals surface area contributed by atoms with E-state index in [0.717, 1.165) is 32.5 Å². The lowest BCUT2D eigenvalue weighted by Gasteiger charge is -2.40. The highest BCUT2D eigenvalue weighted by Crippen LogP contribution is 2.38. The number of hydrogen-bond acceptors (Lipinski definition) is 7. The second kappa shape index (κ2) is 12.4. The lowest BCUT2D eigenvalue weighted by Crippen LogP contribution is -2.45. The Morgan fingerprint density at radius 2 is 1.67 bits per heavy atom. The van der Waals surface area contributed by atoms with E-state index in [0.29, 0.717) is 37.9 Å². The van der Waals surface area contributed by atoms with Gasteiger partial charge in [0, 0.05) is 37.6 Å². The number of carbonyl (C=O) groups is 2.